The number of hydrogen-bond donors (Lipinski definition) is 2. The number of amides is 1. The standard InChI is InChI=1S/C25H25N3O3/c1-3-28(12-13-29)18-10-11-22(16(2)14-18)27-25(30)31-24-20-9-5-7-17-6-4-8-19(23(17)20)21(24)15-26/h4-11,14,21,24,29H,3,12-13H2,1-2H3,(H,27,30). The van der Waals surface area contributed by atoms with Gasteiger partial charge < -0.3 is 14.7 Å². The Bertz CT molecular complexity index is 1160. The Morgan fingerprint density at radius 3 is 2.58 bits per heavy atom. The maximum absolute atomic E-state index is 12.7. The first-order chi connectivity index (χ1) is 15.1. The lowest BCUT2D eigenvalue weighted by atomic mass is 10.0. The monoisotopic (exact) mass is 415 g/mol. The van der Waals surface area contributed by atoms with Gasteiger partial charge in [0, 0.05) is 30.0 Å². The summed E-state index contributed by atoms with van der Waals surface area (Å²) in [5, 5.41) is 23.9. The molecule has 1 aliphatic rings. The highest BCUT2D eigenvalue weighted by Gasteiger charge is 2.37. The van der Waals surface area contributed by atoms with E-state index in [9.17, 15) is 15.2 Å². The van der Waals surface area contributed by atoms with Crippen molar-refractivity contribution in [2.24, 2.45) is 0 Å². The second-order valence-corrected chi connectivity index (χ2v) is 7.65. The molecule has 3 aromatic rings. The van der Waals surface area contributed by atoms with Crippen molar-refractivity contribution in [1.82, 2.24) is 0 Å². The molecule has 0 heterocycles. The van der Waals surface area contributed by atoms with Crippen LogP contribution in [0.15, 0.2) is 54.6 Å². The van der Waals surface area contributed by atoms with Crippen LogP contribution in [0.1, 0.15) is 35.6 Å². The van der Waals surface area contributed by atoms with Crippen LogP contribution in [-0.2, 0) is 4.74 Å². The fourth-order valence-corrected chi connectivity index (χ4v) is 4.34. The number of aliphatic hydroxyl groups is 1. The van der Waals surface area contributed by atoms with Gasteiger partial charge in [-0.2, -0.15) is 5.26 Å². The van der Waals surface area contributed by atoms with Crippen molar-refractivity contribution < 1.29 is 14.6 Å². The zero-order valence-electron chi connectivity index (χ0n) is 17.6. The normalized spacial score (nSPS) is 16.7. The highest BCUT2D eigenvalue weighted by Crippen LogP contribution is 2.47. The molecular formula is C25H25N3O3. The number of likely N-dealkylation sites (N-methyl/N-ethyl adjacent to an activating group) is 1. The van der Waals surface area contributed by atoms with Crippen LogP contribution in [-0.4, -0.2) is 30.9 Å². The molecule has 6 nitrogen and oxygen atoms in total. The Morgan fingerprint density at radius 1 is 1.19 bits per heavy atom. The fraction of sp³-hybridized carbons (Fsp3) is 0.280. The molecule has 0 radical (unpaired) electrons. The topological polar surface area (TPSA) is 85.6 Å². The maximum Gasteiger partial charge on any atom is 0.412 e. The molecule has 0 aromatic heterocycles. The predicted octanol–water partition coefficient (Wildman–Crippen LogP) is 4.88. The van der Waals surface area contributed by atoms with Crippen molar-refractivity contribution in [3.05, 3.63) is 71.3 Å². The zero-order valence-corrected chi connectivity index (χ0v) is 17.6. The zero-order chi connectivity index (χ0) is 22.0. The molecular weight excluding hydrogens is 390 g/mol. The molecule has 4 rings (SSSR count). The number of nitriles is 1. The van der Waals surface area contributed by atoms with Gasteiger partial charge in [0.25, 0.3) is 0 Å². The number of aliphatic hydroxyl groups excluding tert-OH is 1. The summed E-state index contributed by atoms with van der Waals surface area (Å²) < 4.78 is 5.77. The van der Waals surface area contributed by atoms with Crippen molar-refractivity contribution in [3.63, 3.8) is 0 Å². The third-order valence-corrected chi connectivity index (χ3v) is 5.85. The largest absolute Gasteiger partial charge is 0.439 e. The number of rotatable bonds is 6. The minimum Gasteiger partial charge on any atom is -0.439 e. The van der Waals surface area contributed by atoms with E-state index in [1.807, 2.05) is 68.4 Å². The molecule has 31 heavy (non-hydrogen) atoms. The summed E-state index contributed by atoms with van der Waals surface area (Å²) in [4.78, 5) is 14.8. The predicted molar refractivity (Wildman–Crippen MR) is 121 cm³/mol. The Labute approximate surface area is 181 Å². The molecule has 158 valence electrons. The highest BCUT2D eigenvalue weighted by molar-refractivity contribution is 5.93. The van der Waals surface area contributed by atoms with E-state index in [1.54, 1.807) is 0 Å². The maximum atomic E-state index is 12.7. The van der Waals surface area contributed by atoms with Crippen molar-refractivity contribution in [3.8, 4) is 6.07 Å². The number of ether oxygens (including phenoxy) is 1. The van der Waals surface area contributed by atoms with Crippen molar-refractivity contribution in [1.29, 1.82) is 5.26 Å². The number of hydrogen-bond acceptors (Lipinski definition) is 5. The fourth-order valence-electron chi connectivity index (χ4n) is 4.34. The van der Waals surface area contributed by atoms with E-state index in [0.29, 0.717) is 12.2 Å². The molecule has 0 spiro atoms. The molecule has 1 amide bonds. The lowest BCUT2D eigenvalue weighted by Crippen LogP contribution is -2.26. The summed E-state index contributed by atoms with van der Waals surface area (Å²) in [6.07, 6.45) is -1.24. The van der Waals surface area contributed by atoms with Gasteiger partial charge in [-0.1, -0.05) is 36.4 Å². The Hall–Kier alpha value is -3.56. The SMILES string of the molecule is CCN(CCO)c1ccc(NC(=O)OC2c3cccc4cccc(c34)C2C#N)c(C)c1. The van der Waals surface area contributed by atoms with Crippen LogP contribution in [0.5, 0.6) is 0 Å². The Morgan fingerprint density at radius 2 is 1.94 bits per heavy atom. The summed E-state index contributed by atoms with van der Waals surface area (Å²) >= 11 is 0. The summed E-state index contributed by atoms with van der Waals surface area (Å²) in [5.74, 6) is -0.535. The number of aryl methyl sites for hydroxylation is 1. The minimum absolute atomic E-state index is 0.0792. The van der Waals surface area contributed by atoms with Crippen molar-refractivity contribution >= 4 is 28.2 Å². The van der Waals surface area contributed by atoms with Gasteiger partial charge in [-0.15, -0.1) is 0 Å². The molecule has 0 bridgehead atoms. The molecule has 2 unspecified atom stereocenters. The molecule has 6 heteroatoms. The average Bonchev–Trinajstić information content (AvgIpc) is 3.08. The molecule has 1 aliphatic carbocycles. The average molecular weight is 415 g/mol. The van der Waals surface area contributed by atoms with Crippen LogP contribution >= 0.6 is 0 Å². The van der Waals surface area contributed by atoms with Gasteiger partial charge in [0.2, 0.25) is 0 Å². The van der Waals surface area contributed by atoms with Crippen molar-refractivity contribution in [2.45, 2.75) is 25.9 Å². The van der Waals surface area contributed by atoms with Gasteiger partial charge in [0.1, 0.15) is 12.0 Å². The van der Waals surface area contributed by atoms with E-state index < -0.39 is 18.1 Å². The number of benzene rings is 3. The molecule has 0 saturated carbocycles. The van der Waals surface area contributed by atoms with Gasteiger partial charge in [0.15, 0.2) is 0 Å². The number of carbonyl (C=O) groups excluding carboxylic acids is 1. The van der Waals surface area contributed by atoms with Crippen LogP contribution in [0.2, 0.25) is 0 Å². The van der Waals surface area contributed by atoms with Gasteiger partial charge in [-0.05, 0) is 53.9 Å². The number of nitrogens with zero attached hydrogens (tertiary/aromatic N) is 2. The van der Waals surface area contributed by atoms with E-state index >= 15 is 0 Å². The molecule has 0 saturated heterocycles. The highest BCUT2D eigenvalue weighted by atomic mass is 16.6. The number of anilines is 2. The quantitative estimate of drug-likeness (QED) is 0.599. The summed E-state index contributed by atoms with van der Waals surface area (Å²) in [6.45, 7) is 5.35. The lowest BCUT2D eigenvalue weighted by Gasteiger charge is -2.23. The molecule has 2 atom stereocenters. The first-order valence-electron chi connectivity index (χ1n) is 10.4. The second-order valence-electron chi connectivity index (χ2n) is 7.65. The lowest BCUT2D eigenvalue weighted by molar-refractivity contribution is 0.107. The Kier molecular flexibility index (Phi) is 5.79. The number of carbonyl (C=O) groups is 1. The first kappa shape index (κ1) is 20.7. The molecule has 2 N–H and O–H groups in total. The Balaban J connectivity index is 1.53. The van der Waals surface area contributed by atoms with Gasteiger partial charge in [-0.25, -0.2) is 4.79 Å². The molecule has 0 fully saturated rings. The minimum atomic E-state index is -0.647. The van der Waals surface area contributed by atoms with Gasteiger partial charge in [0.05, 0.1) is 12.7 Å². The smallest absolute Gasteiger partial charge is 0.412 e. The van der Waals surface area contributed by atoms with Crippen LogP contribution < -0.4 is 10.2 Å². The van der Waals surface area contributed by atoms with E-state index in [0.717, 1.165) is 39.7 Å². The van der Waals surface area contributed by atoms with E-state index in [2.05, 4.69) is 16.3 Å². The van der Waals surface area contributed by atoms with Crippen LogP contribution in [0.3, 0.4) is 0 Å². The van der Waals surface area contributed by atoms with Crippen LogP contribution in [0.25, 0.3) is 10.8 Å². The van der Waals surface area contributed by atoms with Gasteiger partial charge in [-0.3, -0.25) is 5.32 Å². The van der Waals surface area contributed by atoms with E-state index in [4.69, 9.17) is 4.74 Å². The third kappa shape index (κ3) is 3.80. The van der Waals surface area contributed by atoms with Crippen LogP contribution in [0.4, 0.5) is 16.2 Å². The molecule has 0 aliphatic heterocycles. The number of nitrogens with one attached hydrogen (secondary N) is 1. The third-order valence-electron chi connectivity index (χ3n) is 5.85. The summed E-state index contributed by atoms with van der Waals surface area (Å²) in [7, 11) is 0. The summed E-state index contributed by atoms with van der Waals surface area (Å²) in [5.41, 5.74) is 4.29. The van der Waals surface area contributed by atoms with E-state index in [1.165, 1.54) is 0 Å². The van der Waals surface area contributed by atoms with Gasteiger partial charge >= 0.3 is 6.09 Å². The van der Waals surface area contributed by atoms with E-state index in [-0.39, 0.29) is 6.61 Å². The molecule has 3 aromatic carbocycles. The summed E-state index contributed by atoms with van der Waals surface area (Å²) in [6, 6.07) is 19.7. The van der Waals surface area contributed by atoms with Crippen LogP contribution in [0, 0.1) is 18.3 Å². The van der Waals surface area contributed by atoms with Crippen molar-refractivity contribution in [2.75, 3.05) is 29.9 Å². The first-order valence-corrected chi connectivity index (χ1v) is 10.4. The second kappa shape index (κ2) is 8.66.